The largest absolute Gasteiger partial charge is 0.489 e. The number of H-pyrrole nitrogens is 1. The van der Waals surface area contributed by atoms with Crippen molar-refractivity contribution in [3.63, 3.8) is 0 Å². The van der Waals surface area contributed by atoms with Gasteiger partial charge in [0.1, 0.15) is 36.8 Å². The Morgan fingerprint density at radius 1 is 0.971 bits per heavy atom. The van der Waals surface area contributed by atoms with Crippen LogP contribution in [0.1, 0.15) is 29.3 Å². The highest BCUT2D eigenvalue weighted by atomic mass is 16.7. The number of aromatic amines is 1. The van der Waals surface area contributed by atoms with Gasteiger partial charge in [-0.05, 0) is 23.6 Å². The molecule has 3 aromatic rings. The molecular weight excluding hydrogens is 440 g/mol. The molecule has 5 atom stereocenters. The van der Waals surface area contributed by atoms with Crippen LogP contribution in [0.15, 0.2) is 54.6 Å². The van der Waals surface area contributed by atoms with Crippen molar-refractivity contribution < 1.29 is 34.6 Å². The summed E-state index contributed by atoms with van der Waals surface area (Å²) in [6, 6.07) is 17.6. The van der Waals surface area contributed by atoms with Gasteiger partial charge in [0.25, 0.3) is 0 Å². The van der Waals surface area contributed by atoms with E-state index in [0.717, 1.165) is 28.1 Å². The fourth-order valence-corrected chi connectivity index (χ4v) is 3.95. The molecule has 182 valence electrons. The third kappa shape index (κ3) is 5.24. The Labute approximate surface area is 197 Å². The molecule has 34 heavy (non-hydrogen) atoms. The highest BCUT2D eigenvalue weighted by Gasteiger charge is 2.45. The molecule has 5 N–H and O–H groups in total. The Bertz CT molecular complexity index is 1060. The summed E-state index contributed by atoms with van der Waals surface area (Å²) < 4.78 is 17.4. The zero-order chi connectivity index (χ0) is 24.1. The van der Waals surface area contributed by atoms with Gasteiger partial charge in [-0.2, -0.15) is 0 Å². The van der Waals surface area contributed by atoms with Crippen molar-refractivity contribution in [2.75, 3.05) is 6.61 Å². The molecule has 4 rings (SSSR count). The van der Waals surface area contributed by atoms with Gasteiger partial charge in [0.05, 0.1) is 6.61 Å². The molecule has 2 heterocycles. The van der Waals surface area contributed by atoms with E-state index in [1.807, 2.05) is 61.5 Å². The first-order valence-electron chi connectivity index (χ1n) is 11.3. The van der Waals surface area contributed by atoms with Crippen LogP contribution in [0.2, 0.25) is 0 Å². The Balaban J connectivity index is 1.54. The van der Waals surface area contributed by atoms with Gasteiger partial charge < -0.3 is 34.6 Å². The van der Waals surface area contributed by atoms with E-state index in [2.05, 4.69) is 10.2 Å². The number of aliphatic hydroxyl groups is 4. The van der Waals surface area contributed by atoms with Crippen LogP contribution >= 0.6 is 0 Å². The Hall–Kier alpha value is -2.95. The Morgan fingerprint density at radius 2 is 1.71 bits per heavy atom. The normalized spacial score (nSPS) is 24.7. The molecule has 0 aliphatic carbocycles. The van der Waals surface area contributed by atoms with Gasteiger partial charge >= 0.3 is 0 Å². The van der Waals surface area contributed by atoms with E-state index >= 15 is 0 Å². The number of hydrogen-bond donors (Lipinski definition) is 5. The predicted molar refractivity (Wildman–Crippen MR) is 122 cm³/mol. The standard InChI is InChI=1S/C25H30N2O7/c1-2-18-17(12-16-10-6-7-11-19(16)32-14-15-8-4-3-5-9-15)24(27-26-18)34-25-23(31)22(30)21(29)20(13-28)33-25/h3-11,20-23,25,28-31H,2,12-14H2,1H3,(H,26,27)/t20-,21-,22+,23-,25+/m1/s1. The second-order valence-electron chi connectivity index (χ2n) is 8.21. The van der Waals surface area contributed by atoms with E-state index in [-0.39, 0.29) is 5.88 Å². The van der Waals surface area contributed by atoms with Crippen LogP contribution in [0, 0.1) is 0 Å². The third-order valence-electron chi connectivity index (χ3n) is 5.92. The van der Waals surface area contributed by atoms with Crippen molar-refractivity contribution in [3.8, 4) is 11.6 Å². The van der Waals surface area contributed by atoms with E-state index in [9.17, 15) is 20.4 Å². The highest BCUT2D eigenvalue weighted by molar-refractivity contribution is 5.42. The summed E-state index contributed by atoms with van der Waals surface area (Å²) in [6.45, 7) is 1.87. The zero-order valence-electron chi connectivity index (χ0n) is 18.9. The molecule has 0 saturated carbocycles. The summed E-state index contributed by atoms with van der Waals surface area (Å²) in [5.41, 5.74) is 3.59. The third-order valence-corrected chi connectivity index (χ3v) is 5.92. The Kier molecular flexibility index (Phi) is 7.81. The molecule has 2 aromatic carbocycles. The van der Waals surface area contributed by atoms with E-state index in [1.54, 1.807) is 0 Å². The first-order valence-corrected chi connectivity index (χ1v) is 11.3. The predicted octanol–water partition coefficient (Wildman–Crippen LogP) is 1.32. The number of aliphatic hydroxyl groups excluding tert-OH is 4. The molecule has 1 aromatic heterocycles. The minimum atomic E-state index is -1.53. The fraction of sp³-hybridized carbons (Fsp3) is 0.400. The average molecular weight is 471 g/mol. The van der Waals surface area contributed by atoms with Gasteiger partial charge in [0.15, 0.2) is 0 Å². The number of hydrogen-bond acceptors (Lipinski definition) is 8. The van der Waals surface area contributed by atoms with Gasteiger partial charge in [0, 0.05) is 17.7 Å². The molecule has 0 unspecified atom stereocenters. The summed E-state index contributed by atoms with van der Waals surface area (Å²) in [5.74, 6) is 0.937. The van der Waals surface area contributed by atoms with Gasteiger partial charge in [-0.1, -0.05) is 55.5 Å². The maximum atomic E-state index is 10.3. The van der Waals surface area contributed by atoms with Crippen molar-refractivity contribution in [2.24, 2.45) is 0 Å². The summed E-state index contributed by atoms with van der Waals surface area (Å²) in [5, 5.41) is 47.1. The van der Waals surface area contributed by atoms with Crippen LogP contribution in [0.25, 0.3) is 0 Å². The molecule has 1 aliphatic heterocycles. The molecule has 0 radical (unpaired) electrons. The molecule has 0 amide bonds. The number of para-hydroxylation sites is 1. The first kappa shape index (κ1) is 24.2. The van der Waals surface area contributed by atoms with Crippen LogP contribution in [0.3, 0.4) is 0 Å². The molecule has 1 saturated heterocycles. The molecule has 1 aliphatic rings. The monoisotopic (exact) mass is 470 g/mol. The number of rotatable bonds is 9. The van der Waals surface area contributed by atoms with E-state index in [0.29, 0.717) is 19.4 Å². The van der Waals surface area contributed by atoms with Crippen LogP contribution in [-0.2, 0) is 24.2 Å². The minimum absolute atomic E-state index is 0.207. The maximum Gasteiger partial charge on any atom is 0.238 e. The van der Waals surface area contributed by atoms with E-state index < -0.39 is 37.3 Å². The van der Waals surface area contributed by atoms with Gasteiger partial charge in [-0.3, -0.25) is 5.10 Å². The topological polar surface area (TPSA) is 137 Å². The van der Waals surface area contributed by atoms with Crippen LogP contribution in [-0.4, -0.2) is 67.9 Å². The highest BCUT2D eigenvalue weighted by Crippen LogP contribution is 2.31. The number of benzene rings is 2. The number of nitrogens with zero attached hydrogens (tertiary/aromatic N) is 1. The van der Waals surface area contributed by atoms with E-state index in [1.165, 1.54) is 0 Å². The lowest BCUT2D eigenvalue weighted by Gasteiger charge is -2.39. The summed E-state index contributed by atoms with van der Waals surface area (Å²) in [7, 11) is 0. The number of aryl methyl sites for hydroxylation is 1. The van der Waals surface area contributed by atoms with Crippen molar-refractivity contribution in [1.82, 2.24) is 10.2 Å². The van der Waals surface area contributed by atoms with Crippen LogP contribution < -0.4 is 9.47 Å². The minimum Gasteiger partial charge on any atom is -0.489 e. The summed E-state index contributed by atoms with van der Waals surface area (Å²) >= 11 is 0. The molecule has 1 fully saturated rings. The lowest BCUT2D eigenvalue weighted by molar-refractivity contribution is -0.278. The molecule has 9 heteroatoms. The van der Waals surface area contributed by atoms with E-state index in [4.69, 9.17) is 14.2 Å². The molecule has 0 spiro atoms. The summed E-state index contributed by atoms with van der Waals surface area (Å²) in [4.78, 5) is 0. The Morgan fingerprint density at radius 3 is 2.44 bits per heavy atom. The molecular formula is C25H30N2O7. The maximum absolute atomic E-state index is 10.3. The van der Waals surface area contributed by atoms with Gasteiger partial charge in [-0.25, -0.2) is 0 Å². The number of nitrogens with one attached hydrogen (secondary N) is 1. The zero-order valence-corrected chi connectivity index (χ0v) is 18.9. The smallest absolute Gasteiger partial charge is 0.238 e. The van der Waals surface area contributed by atoms with Gasteiger partial charge in [0.2, 0.25) is 12.2 Å². The van der Waals surface area contributed by atoms with Crippen molar-refractivity contribution in [2.45, 2.75) is 57.1 Å². The van der Waals surface area contributed by atoms with Crippen molar-refractivity contribution in [3.05, 3.63) is 77.0 Å². The second kappa shape index (κ2) is 11.0. The summed E-state index contributed by atoms with van der Waals surface area (Å²) in [6.07, 6.45) is -5.79. The van der Waals surface area contributed by atoms with Crippen LogP contribution in [0.4, 0.5) is 0 Å². The van der Waals surface area contributed by atoms with Crippen molar-refractivity contribution in [1.29, 1.82) is 0 Å². The SMILES string of the molecule is CCc1[nH]nc(O[C@@H]2O[C@H](CO)[C@@H](O)[C@H](O)[C@H]2O)c1Cc1ccccc1OCc1ccccc1. The molecule has 0 bridgehead atoms. The number of ether oxygens (including phenoxy) is 3. The van der Waals surface area contributed by atoms with Crippen molar-refractivity contribution >= 4 is 0 Å². The van der Waals surface area contributed by atoms with Crippen LogP contribution in [0.5, 0.6) is 11.6 Å². The lowest BCUT2D eigenvalue weighted by atomic mass is 9.99. The quantitative estimate of drug-likeness (QED) is 0.316. The molecule has 9 nitrogen and oxygen atoms in total. The lowest BCUT2D eigenvalue weighted by Crippen LogP contribution is -2.60. The van der Waals surface area contributed by atoms with Gasteiger partial charge in [-0.15, -0.1) is 5.10 Å². The number of aromatic nitrogens is 2. The second-order valence-corrected chi connectivity index (χ2v) is 8.21. The average Bonchev–Trinajstić information content (AvgIpc) is 3.25. The fourth-order valence-electron chi connectivity index (χ4n) is 3.95. The first-order chi connectivity index (χ1) is 16.5.